The molecule has 17 heavy (non-hydrogen) atoms. The first-order chi connectivity index (χ1) is 7.95. The zero-order valence-corrected chi connectivity index (χ0v) is 10.3. The first-order valence-electron chi connectivity index (χ1n) is 6.43. The average molecular weight is 253 g/mol. The quantitative estimate of drug-likeness (QED) is 0.789. The number of hydrogen-bond acceptors (Lipinski definition) is 2. The molecular formula is C12H22F3NO. The van der Waals surface area contributed by atoms with Gasteiger partial charge in [0, 0.05) is 12.6 Å². The Morgan fingerprint density at radius 2 is 1.82 bits per heavy atom. The third-order valence-corrected chi connectivity index (χ3v) is 3.61. The van der Waals surface area contributed by atoms with Crippen molar-refractivity contribution in [3.63, 3.8) is 0 Å². The highest BCUT2D eigenvalue weighted by Crippen LogP contribution is 2.28. The molecule has 0 heterocycles. The fourth-order valence-electron chi connectivity index (χ4n) is 2.56. The predicted molar refractivity (Wildman–Crippen MR) is 60.7 cm³/mol. The van der Waals surface area contributed by atoms with Crippen LogP contribution >= 0.6 is 0 Å². The maximum absolute atomic E-state index is 12.2. The van der Waals surface area contributed by atoms with E-state index in [0.29, 0.717) is 5.92 Å². The van der Waals surface area contributed by atoms with Gasteiger partial charge in [0.05, 0.1) is 0 Å². The van der Waals surface area contributed by atoms with Gasteiger partial charge in [-0.15, -0.1) is 0 Å². The smallest absolute Gasteiger partial charge is 0.382 e. The van der Waals surface area contributed by atoms with Crippen molar-refractivity contribution in [3.8, 4) is 0 Å². The van der Waals surface area contributed by atoms with Crippen molar-refractivity contribution in [2.75, 3.05) is 6.54 Å². The molecule has 2 nitrogen and oxygen atoms in total. The molecule has 0 radical (unpaired) electrons. The number of aliphatic hydroxyl groups is 1. The Morgan fingerprint density at radius 3 is 2.29 bits per heavy atom. The Kier molecular flexibility index (Phi) is 5.73. The van der Waals surface area contributed by atoms with E-state index in [2.05, 4.69) is 5.32 Å². The van der Waals surface area contributed by atoms with Gasteiger partial charge in [-0.2, -0.15) is 13.2 Å². The van der Waals surface area contributed by atoms with Crippen molar-refractivity contribution < 1.29 is 18.3 Å². The second kappa shape index (κ2) is 6.59. The van der Waals surface area contributed by atoms with Crippen molar-refractivity contribution in [3.05, 3.63) is 0 Å². The summed E-state index contributed by atoms with van der Waals surface area (Å²) < 4.78 is 36.5. The third-order valence-electron chi connectivity index (χ3n) is 3.61. The van der Waals surface area contributed by atoms with Gasteiger partial charge >= 0.3 is 6.18 Å². The van der Waals surface area contributed by atoms with Crippen LogP contribution in [0.1, 0.15) is 45.4 Å². The number of halogens is 3. The molecule has 0 amide bonds. The Balaban J connectivity index is 2.36. The zero-order valence-electron chi connectivity index (χ0n) is 10.3. The molecule has 1 saturated carbocycles. The van der Waals surface area contributed by atoms with Crippen LogP contribution in [-0.2, 0) is 0 Å². The molecule has 1 rings (SSSR count). The minimum absolute atomic E-state index is 0.104. The molecule has 0 saturated heterocycles. The number of rotatable bonds is 5. The molecule has 2 unspecified atom stereocenters. The first-order valence-corrected chi connectivity index (χ1v) is 6.43. The molecule has 1 aliphatic carbocycles. The van der Waals surface area contributed by atoms with Crippen LogP contribution in [0.4, 0.5) is 13.2 Å². The van der Waals surface area contributed by atoms with E-state index in [-0.39, 0.29) is 6.04 Å². The summed E-state index contributed by atoms with van der Waals surface area (Å²) in [6.45, 7) is 1.59. The van der Waals surface area contributed by atoms with Crippen LogP contribution in [0.3, 0.4) is 0 Å². The summed E-state index contributed by atoms with van der Waals surface area (Å²) in [6, 6.07) is 0.104. The van der Waals surface area contributed by atoms with Crippen LogP contribution in [0, 0.1) is 5.92 Å². The lowest BCUT2D eigenvalue weighted by Crippen LogP contribution is -2.45. The number of alkyl halides is 3. The van der Waals surface area contributed by atoms with Crippen molar-refractivity contribution in [2.45, 2.75) is 63.8 Å². The summed E-state index contributed by atoms with van der Waals surface area (Å²) >= 11 is 0. The third kappa shape index (κ3) is 4.84. The van der Waals surface area contributed by atoms with Gasteiger partial charge in [0.25, 0.3) is 0 Å². The summed E-state index contributed by atoms with van der Waals surface area (Å²) in [5, 5.41) is 11.8. The Labute approximate surface area is 101 Å². The van der Waals surface area contributed by atoms with Gasteiger partial charge < -0.3 is 10.4 Å². The Hall–Kier alpha value is -0.290. The standard InChI is InChI=1S/C12H22F3NO/c1-2-10(9-6-4-3-5-7-9)16-8-11(17)12(13,14)15/h9-11,16-17H,2-8H2,1H3. The second-order valence-electron chi connectivity index (χ2n) is 4.88. The molecule has 102 valence electrons. The molecule has 0 aromatic carbocycles. The second-order valence-corrected chi connectivity index (χ2v) is 4.88. The maximum atomic E-state index is 12.2. The highest BCUT2D eigenvalue weighted by molar-refractivity contribution is 4.80. The summed E-state index contributed by atoms with van der Waals surface area (Å²) in [4.78, 5) is 0. The molecule has 2 N–H and O–H groups in total. The highest BCUT2D eigenvalue weighted by Gasteiger charge is 2.38. The summed E-state index contributed by atoms with van der Waals surface area (Å²) in [5.41, 5.74) is 0. The fraction of sp³-hybridized carbons (Fsp3) is 1.00. The number of nitrogens with one attached hydrogen (secondary N) is 1. The molecule has 1 fully saturated rings. The molecule has 1 aliphatic rings. The molecule has 2 atom stereocenters. The van der Waals surface area contributed by atoms with Crippen LogP contribution in [0.25, 0.3) is 0 Å². The number of hydrogen-bond donors (Lipinski definition) is 2. The highest BCUT2D eigenvalue weighted by atomic mass is 19.4. The topological polar surface area (TPSA) is 32.3 Å². The van der Waals surface area contributed by atoms with Crippen LogP contribution in [-0.4, -0.2) is 30.0 Å². The molecule has 0 aromatic rings. The zero-order chi connectivity index (χ0) is 12.9. The van der Waals surface area contributed by atoms with Gasteiger partial charge in [-0.25, -0.2) is 0 Å². The Bertz CT molecular complexity index is 214. The van der Waals surface area contributed by atoms with Crippen LogP contribution in [0.5, 0.6) is 0 Å². The Morgan fingerprint density at radius 1 is 1.24 bits per heavy atom. The van der Waals surface area contributed by atoms with Gasteiger partial charge in [-0.1, -0.05) is 26.2 Å². The van der Waals surface area contributed by atoms with Crippen molar-refractivity contribution in [1.82, 2.24) is 5.32 Å². The lowest BCUT2D eigenvalue weighted by atomic mass is 9.83. The normalized spacial score (nSPS) is 22.4. The summed E-state index contributed by atoms with van der Waals surface area (Å²) in [7, 11) is 0. The lowest BCUT2D eigenvalue weighted by molar-refractivity contribution is -0.202. The minimum Gasteiger partial charge on any atom is -0.382 e. The van der Waals surface area contributed by atoms with Crippen molar-refractivity contribution >= 4 is 0 Å². The van der Waals surface area contributed by atoms with E-state index >= 15 is 0 Å². The molecule has 0 aromatic heterocycles. The molecule has 0 aliphatic heterocycles. The van der Waals surface area contributed by atoms with Gasteiger partial charge in [0.15, 0.2) is 6.10 Å². The van der Waals surface area contributed by atoms with Gasteiger partial charge in [0.2, 0.25) is 0 Å². The molecule has 5 heteroatoms. The average Bonchev–Trinajstić information content (AvgIpc) is 2.29. The van der Waals surface area contributed by atoms with Crippen LogP contribution in [0.15, 0.2) is 0 Å². The summed E-state index contributed by atoms with van der Waals surface area (Å²) in [6.07, 6.45) is -0.193. The number of aliphatic hydroxyl groups excluding tert-OH is 1. The van der Waals surface area contributed by atoms with Gasteiger partial charge in [0.1, 0.15) is 0 Å². The maximum Gasteiger partial charge on any atom is 0.415 e. The monoisotopic (exact) mass is 253 g/mol. The largest absolute Gasteiger partial charge is 0.415 e. The van der Waals surface area contributed by atoms with Crippen LogP contribution < -0.4 is 5.32 Å². The molecule has 0 spiro atoms. The van der Waals surface area contributed by atoms with Gasteiger partial charge in [-0.05, 0) is 25.2 Å². The minimum atomic E-state index is -4.52. The van der Waals surface area contributed by atoms with Crippen LogP contribution in [0.2, 0.25) is 0 Å². The van der Waals surface area contributed by atoms with Gasteiger partial charge in [-0.3, -0.25) is 0 Å². The SMILES string of the molecule is CCC(NCC(O)C(F)(F)F)C1CCCCC1. The molecule has 0 bridgehead atoms. The van der Waals surface area contributed by atoms with E-state index in [0.717, 1.165) is 19.3 Å². The predicted octanol–water partition coefficient (Wildman–Crippen LogP) is 2.86. The lowest BCUT2D eigenvalue weighted by Gasteiger charge is -2.31. The van der Waals surface area contributed by atoms with E-state index in [1.54, 1.807) is 0 Å². The summed E-state index contributed by atoms with van der Waals surface area (Å²) in [5.74, 6) is 0.467. The first kappa shape index (κ1) is 14.8. The van der Waals surface area contributed by atoms with E-state index in [1.165, 1.54) is 19.3 Å². The van der Waals surface area contributed by atoms with E-state index in [1.807, 2.05) is 6.92 Å². The van der Waals surface area contributed by atoms with E-state index in [4.69, 9.17) is 5.11 Å². The van der Waals surface area contributed by atoms with Crippen molar-refractivity contribution in [2.24, 2.45) is 5.92 Å². The van der Waals surface area contributed by atoms with E-state index in [9.17, 15) is 13.2 Å². The van der Waals surface area contributed by atoms with E-state index < -0.39 is 18.8 Å². The van der Waals surface area contributed by atoms with Crippen molar-refractivity contribution in [1.29, 1.82) is 0 Å². The fourth-order valence-corrected chi connectivity index (χ4v) is 2.56. The molecular weight excluding hydrogens is 231 g/mol.